The SMILES string of the molecule is CNC(C)C1CCN(C2CCC(C)C(C)C2)CC1. The molecule has 2 heteroatoms. The van der Waals surface area contributed by atoms with Crippen LogP contribution in [0.1, 0.15) is 52.9 Å². The van der Waals surface area contributed by atoms with Crippen LogP contribution < -0.4 is 5.32 Å². The van der Waals surface area contributed by atoms with Gasteiger partial charge in [-0.3, -0.25) is 0 Å². The first-order valence-electron chi connectivity index (χ1n) is 8.03. The van der Waals surface area contributed by atoms with E-state index in [1.165, 1.54) is 45.2 Å². The van der Waals surface area contributed by atoms with Gasteiger partial charge in [0.1, 0.15) is 0 Å². The van der Waals surface area contributed by atoms with Crippen LogP contribution in [0.4, 0.5) is 0 Å². The van der Waals surface area contributed by atoms with E-state index in [9.17, 15) is 0 Å². The van der Waals surface area contributed by atoms with Gasteiger partial charge in [0.15, 0.2) is 0 Å². The molecule has 2 nitrogen and oxygen atoms in total. The van der Waals surface area contributed by atoms with Crippen molar-refractivity contribution in [3.63, 3.8) is 0 Å². The molecule has 4 atom stereocenters. The van der Waals surface area contributed by atoms with Crippen molar-refractivity contribution < 1.29 is 0 Å². The van der Waals surface area contributed by atoms with Crippen molar-refractivity contribution in [2.24, 2.45) is 17.8 Å². The molecule has 0 spiro atoms. The summed E-state index contributed by atoms with van der Waals surface area (Å²) < 4.78 is 0. The predicted octanol–water partition coefficient (Wildman–Crippen LogP) is 3.13. The molecule has 1 N–H and O–H groups in total. The van der Waals surface area contributed by atoms with Crippen molar-refractivity contribution in [3.05, 3.63) is 0 Å². The summed E-state index contributed by atoms with van der Waals surface area (Å²) in [5.41, 5.74) is 0. The molecule has 1 aliphatic heterocycles. The first kappa shape index (κ1) is 14.3. The topological polar surface area (TPSA) is 15.3 Å². The standard InChI is InChI=1S/C16H32N2/c1-12-5-6-16(11-13(12)2)18-9-7-15(8-10-18)14(3)17-4/h12-17H,5-11H2,1-4H3. The van der Waals surface area contributed by atoms with Gasteiger partial charge in [0, 0.05) is 12.1 Å². The summed E-state index contributed by atoms with van der Waals surface area (Å²) in [6.45, 7) is 9.89. The summed E-state index contributed by atoms with van der Waals surface area (Å²) in [5.74, 6) is 2.77. The van der Waals surface area contributed by atoms with Crippen LogP contribution in [-0.4, -0.2) is 37.1 Å². The van der Waals surface area contributed by atoms with E-state index in [0.29, 0.717) is 6.04 Å². The van der Waals surface area contributed by atoms with Crippen molar-refractivity contribution in [2.75, 3.05) is 20.1 Å². The molecule has 2 fully saturated rings. The van der Waals surface area contributed by atoms with Gasteiger partial charge in [-0.15, -0.1) is 0 Å². The molecule has 1 saturated heterocycles. The summed E-state index contributed by atoms with van der Waals surface area (Å²) in [4.78, 5) is 2.79. The van der Waals surface area contributed by atoms with E-state index in [4.69, 9.17) is 0 Å². The highest BCUT2D eigenvalue weighted by atomic mass is 15.2. The summed E-state index contributed by atoms with van der Waals surface area (Å²) in [7, 11) is 2.10. The van der Waals surface area contributed by atoms with Gasteiger partial charge in [0.2, 0.25) is 0 Å². The number of nitrogens with zero attached hydrogens (tertiary/aromatic N) is 1. The molecular formula is C16H32N2. The zero-order chi connectivity index (χ0) is 13.1. The lowest BCUT2D eigenvalue weighted by Gasteiger charge is -2.43. The highest BCUT2D eigenvalue weighted by molar-refractivity contribution is 4.86. The minimum absolute atomic E-state index is 0.692. The van der Waals surface area contributed by atoms with E-state index in [-0.39, 0.29) is 0 Å². The Morgan fingerprint density at radius 3 is 2.22 bits per heavy atom. The monoisotopic (exact) mass is 252 g/mol. The third-order valence-electron chi connectivity index (χ3n) is 5.82. The van der Waals surface area contributed by atoms with Crippen molar-refractivity contribution in [3.8, 4) is 0 Å². The number of nitrogens with one attached hydrogen (secondary N) is 1. The van der Waals surface area contributed by atoms with Gasteiger partial charge in [0.05, 0.1) is 0 Å². The second-order valence-electron chi connectivity index (χ2n) is 6.87. The molecule has 0 aromatic carbocycles. The first-order valence-corrected chi connectivity index (χ1v) is 8.03. The Labute approximate surface area is 114 Å². The van der Waals surface area contributed by atoms with Crippen LogP contribution in [0.25, 0.3) is 0 Å². The number of likely N-dealkylation sites (tertiary alicyclic amines) is 1. The fourth-order valence-electron chi connectivity index (χ4n) is 3.87. The number of rotatable bonds is 3. The normalized spacial score (nSPS) is 37.7. The van der Waals surface area contributed by atoms with Gasteiger partial charge in [0.25, 0.3) is 0 Å². The molecule has 106 valence electrons. The molecule has 18 heavy (non-hydrogen) atoms. The zero-order valence-corrected chi connectivity index (χ0v) is 12.8. The molecule has 0 aromatic heterocycles. The van der Waals surface area contributed by atoms with Gasteiger partial charge < -0.3 is 10.2 Å². The van der Waals surface area contributed by atoms with Crippen LogP contribution in [0, 0.1) is 17.8 Å². The molecule has 1 aliphatic carbocycles. The Morgan fingerprint density at radius 2 is 1.67 bits per heavy atom. The van der Waals surface area contributed by atoms with E-state index in [2.05, 4.69) is 38.0 Å². The maximum Gasteiger partial charge on any atom is 0.00979 e. The van der Waals surface area contributed by atoms with Crippen LogP contribution in [0.3, 0.4) is 0 Å². The lowest BCUT2D eigenvalue weighted by atomic mass is 9.77. The fourth-order valence-corrected chi connectivity index (χ4v) is 3.87. The van der Waals surface area contributed by atoms with Gasteiger partial charge in [-0.2, -0.15) is 0 Å². The molecular weight excluding hydrogens is 220 g/mol. The molecule has 0 radical (unpaired) electrons. The second-order valence-corrected chi connectivity index (χ2v) is 6.87. The Hall–Kier alpha value is -0.0800. The minimum Gasteiger partial charge on any atom is -0.317 e. The Balaban J connectivity index is 1.79. The van der Waals surface area contributed by atoms with E-state index < -0.39 is 0 Å². The fraction of sp³-hybridized carbons (Fsp3) is 1.00. The molecule has 4 unspecified atom stereocenters. The second kappa shape index (κ2) is 6.38. The molecule has 0 aromatic rings. The molecule has 2 aliphatic rings. The van der Waals surface area contributed by atoms with Crippen LogP contribution in [-0.2, 0) is 0 Å². The van der Waals surface area contributed by atoms with Crippen molar-refractivity contribution in [2.45, 2.75) is 65.0 Å². The van der Waals surface area contributed by atoms with Gasteiger partial charge in [-0.25, -0.2) is 0 Å². The van der Waals surface area contributed by atoms with E-state index in [1.807, 2.05) is 0 Å². The van der Waals surface area contributed by atoms with Crippen LogP contribution in [0.2, 0.25) is 0 Å². The van der Waals surface area contributed by atoms with Crippen LogP contribution in [0.15, 0.2) is 0 Å². The highest BCUT2D eigenvalue weighted by Crippen LogP contribution is 2.34. The van der Waals surface area contributed by atoms with E-state index in [1.54, 1.807) is 0 Å². The summed E-state index contributed by atoms with van der Waals surface area (Å²) in [6.07, 6.45) is 7.11. The Kier molecular flexibility index (Phi) is 5.08. The van der Waals surface area contributed by atoms with Crippen molar-refractivity contribution in [1.82, 2.24) is 10.2 Å². The Morgan fingerprint density at radius 1 is 1.00 bits per heavy atom. The maximum atomic E-state index is 3.42. The Bertz CT molecular complexity index is 245. The quantitative estimate of drug-likeness (QED) is 0.830. The smallest absolute Gasteiger partial charge is 0.00979 e. The highest BCUT2D eigenvalue weighted by Gasteiger charge is 2.31. The minimum atomic E-state index is 0.692. The summed E-state index contributed by atoms with van der Waals surface area (Å²) >= 11 is 0. The van der Waals surface area contributed by atoms with Crippen LogP contribution in [0.5, 0.6) is 0 Å². The summed E-state index contributed by atoms with van der Waals surface area (Å²) in [6, 6.07) is 1.58. The zero-order valence-electron chi connectivity index (χ0n) is 12.8. The third-order valence-corrected chi connectivity index (χ3v) is 5.82. The van der Waals surface area contributed by atoms with Gasteiger partial charge in [-0.05, 0) is 76.9 Å². The summed E-state index contributed by atoms with van der Waals surface area (Å²) in [5, 5.41) is 3.42. The van der Waals surface area contributed by atoms with Gasteiger partial charge >= 0.3 is 0 Å². The molecule has 0 amide bonds. The average molecular weight is 252 g/mol. The lowest BCUT2D eigenvalue weighted by Crippen LogP contribution is -2.47. The van der Waals surface area contributed by atoms with Crippen molar-refractivity contribution >= 4 is 0 Å². The molecule has 1 saturated carbocycles. The largest absolute Gasteiger partial charge is 0.317 e. The predicted molar refractivity (Wildman–Crippen MR) is 78.8 cm³/mol. The van der Waals surface area contributed by atoms with Gasteiger partial charge in [-0.1, -0.05) is 13.8 Å². The lowest BCUT2D eigenvalue weighted by molar-refractivity contribution is 0.0701. The van der Waals surface area contributed by atoms with Crippen LogP contribution >= 0.6 is 0 Å². The number of hydrogen-bond donors (Lipinski definition) is 1. The van der Waals surface area contributed by atoms with E-state index >= 15 is 0 Å². The van der Waals surface area contributed by atoms with Crippen molar-refractivity contribution in [1.29, 1.82) is 0 Å². The third kappa shape index (κ3) is 3.27. The number of piperidine rings is 1. The van der Waals surface area contributed by atoms with E-state index in [0.717, 1.165) is 23.8 Å². The molecule has 0 bridgehead atoms. The molecule has 2 rings (SSSR count). The average Bonchev–Trinajstić information content (AvgIpc) is 2.41. The first-order chi connectivity index (χ1) is 8.61. The number of hydrogen-bond acceptors (Lipinski definition) is 2. The molecule has 1 heterocycles. The maximum absolute atomic E-state index is 3.42.